The Labute approximate surface area is 115 Å². The van der Waals surface area contributed by atoms with Crippen molar-refractivity contribution < 1.29 is 19.4 Å². The van der Waals surface area contributed by atoms with Gasteiger partial charge in [0.2, 0.25) is 11.6 Å². The first-order valence-electron chi connectivity index (χ1n) is 6.19. The van der Waals surface area contributed by atoms with Gasteiger partial charge in [-0.1, -0.05) is 0 Å². The van der Waals surface area contributed by atoms with Gasteiger partial charge in [0.15, 0.2) is 12.1 Å². The summed E-state index contributed by atoms with van der Waals surface area (Å²) in [5.74, 6) is -0.249. The average molecular weight is 277 g/mol. The molecule has 0 aromatic heterocycles. The van der Waals surface area contributed by atoms with Gasteiger partial charge in [-0.2, -0.15) is 4.99 Å². The molecule has 0 radical (unpaired) electrons. The van der Waals surface area contributed by atoms with Crippen molar-refractivity contribution in [3.05, 3.63) is 17.3 Å². The molecule has 7 nitrogen and oxygen atoms in total. The predicted molar refractivity (Wildman–Crippen MR) is 73.7 cm³/mol. The molecule has 0 saturated heterocycles. The zero-order chi connectivity index (χ0) is 14.7. The monoisotopic (exact) mass is 277 g/mol. The van der Waals surface area contributed by atoms with Crippen molar-refractivity contribution in [2.45, 2.75) is 20.3 Å². The quantitative estimate of drug-likeness (QED) is 0.611. The zero-order valence-corrected chi connectivity index (χ0v) is 11.2. The first-order chi connectivity index (χ1) is 9.51. The molecule has 0 aliphatic carbocycles. The Balaban J connectivity index is 2.27. The van der Waals surface area contributed by atoms with E-state index < -0.39 is 5.91 Å². The van der Waals surface area contributed by atoms with Crippen LogP contribution >= 0.6 is 0 Å². The maximum absolute atomic E-state index is 11.7. The molecule has 2 rings (SSSR count). The summed E-state index contributed by atoms with van der Waals surface area (Å²) in [6.45, 7) is 3.54. The summed E-state index contributed by atoms with van der Waals surface area (Å²) in [6, 6.07) is 3.14. The highest BCUT2D eigenvalue weighted by molar-refractivity contribution is 6.04. The maximum atomic E-state index is 11.7. The lowest BCUT2D eigenvalue weighted by Crippen LogP contribution is -2.99. The number of hydroxylamine groups is 1. The molecule has 0 bridgehead atoms. The number of anilines is 1. The zero-order valence-electron chi connectivity index (χ0n) is 11.2. The maximum Gasteiger partial charge on any atom is 0.231 e. The number of rotatable bonds is 5. The molecular weight excluding hydrogens is 262 g/mol. The number of benzene rings is 1. The first-order valence-corrected chi connectivity index (χ1v) is 6.19. The number of hydrogen-bond acceptors (Lipinski definition) is 5. The van der Waals surface area contributed by atoms with Crippen LogP contribution in [-0.2, 0) is 9.59 Å². The average Bonchev–Trinajstić information content (AvgIpc) is 2.70. The summed E-state index contributed by atoms with van der Waals surface area (Å²) in [5.41, 5.74) is 1.31. The normalized spacial score (nSPS) is 15.8. The van der Waals surface area contributed by atoms with Gasteiger partial charge in [-0.25, -0.2) is 0 Å². The van der Waals surface area contributed by atoms with Crippen molar-refractivity contribution in [2.24, 2.45) is 4.99 Å². The molecule has 0 saturated carbocycles. The second-order valence-corrected chi connectivity index (χ2v) is 4.35. The summed E-state index contributed by atoms with van der Waals surface area (Å²) in [7, 11) is 0. The van der Waals surface area contributed by atoms with Crippen molar-refractivity contribution in [1.82, 2.24) is 0 Å². The number of hydrogen-bond donors (Lipinski definition) is 2. The van der Waals surface area contributed by atoms with Gasteiger partial charge in [0, 0.05) is 11.8 Å². The standard InChI is InChI=1S/C13H15N3O4/c1-3-20-11-6-9(15-12(18)4-8(2)17)5-10-13(11)16(19)7-14-10/h5-7,16H,3-4H2,1-2H3,(H,15,18). The SMILES string of the molecule is CCOc1cc(NC(=O)CC(C)=O)cc2c1[NH+]([O-])C=N2. The summed E-state index contributed by atoms with van der Waals surface area (Å²) < 4.78 is 5.40. The van der Waals surface area contributed by atoms with Crippen LogP contribution in [0.2, 0.25) is 0 Å². The number of fused-ring (bicyclic) bond motifs is 1. The van der Waals surface area contributed by atoms with Crippen molar-refractivity contribution in [1.29, 1.82) is 0 Å². The number of aliphatic imine (C=N–C) groups is 1. The number of carbonyl (C=O) groups excluding carboxylic acids is 2. The lowest BCUT2D eigenvalue weighted by Gasteiger charge is -2.16. The molecule has 1 atom stereocenters. The smallest absolute Gasteiger partial charge is 0.231 e. The van der Waals surface area contributed by atoms with Gasteiger partial charge in [-0.3, -0.25) is 14.7 Å². The molecule has 20 heavy (non-hydrogen) atoms. The third-order valence-electron chi connectivity index (χ3n) is 2.64. The van der Waals surface area contributed by atoms with E-state index >= 15 is 0 Å². The third kappa shape index (κ3) is 3.01. The molecule has 1 amide bonds. The Morgan fingerprint density at radius 1 is 1.45 bits per heavy atom. The van der Waals surface area contributed by atoms with Crippen LogP contribution in [0, 0.1) is 5.21 Å². The number of nitrogens with zero attached hydrogens (tertiary/aromatic N) is 1. The number of nitrogens with one attached hydrogen (secondary N) is 2. The van der Waals surface area contributed by atoms with Crippen LogP contribution in [0.25, 0.3) is 0 Å². The van der Waals surface area contributed by atoms with E-state index in [1.54, 1.807) is 19.1 Å². The number of ether oxygens (including phenoxy) is 1. The van der Waals surface area contributed by atoms with E-state index in [2.05, 4.69) is 10.3 Å². The summed E-state index contributed by atoms with van der Waals surface area (Å²) in [5, 5.41) is 14.1. The highest BCUT2D eigenvalue weighted by Crippen LogP contribution is 2.37. The van der Waals surface area contributed by atoms with Crippen molar-refractivity contribution in [3.8, 4) is 5.75 Å². The Bertz CT molecular complexity index is 583. The molecule has 1 aliphatic rings. The molecule has 1 heterocycles. The minimum absolute atomic E-state index is 0.191. The lowest BCUT2D eigenvalue weighted by atomic mass is 10.2. The molecule has 106 valence electrons. The fourth-order valence-corrected chi connectivity index (χ4v) is 1.92. The van der Waals surface area contributed by atoms with E-state index in [0.29, 0.717) is 29.4 Å². The van der Waals surface area contributed by atoms with Gasteiger partial charge in [0.25, 0.3) is 0 Å². The van der Waals surface area contributed by atoms with Crippen LogP contribution in [-0.4, -0.2) is 24.6 Å². The second-order valence-electron chi connectivity index (χ2n) is 4.35. The van der Waals surface area contributed by atoms with E-state index in [1.807, 2.05) is 0 Å². The highest BCUT2D eigenvalue weighted by Gasteiger charge is 2.23. The summed E-state index contributed by atoms with van der Waals surface area (Å²) in [6.07, 6.45) is 1.03. The Kier molecular flexibility index (Phi) is 4.11. The molecule has 1 aromatic carbocycles. The van der Waals surface area contributed by atoms with Gasteiger partial charge < -0.3 is 15.3 Å². The number of Topliss-reactive ketones (excluding diaryl/α,β-unsaturated/α-hetero) is 1. The van der Waals surface area contributed by atoms with Gasteiger partial charge in [-0.05, 0) is 19.9 Å². The van der Waals surface area contributed by atoms with E-state index in [1.165, 1.54) is 13.3 Å². The highest BCUT2D eigenvalue weighted by atomic mass is 16.5. The van der Waals surface area contributed by atoms with Crippen LogP contribution in [0.1, 0.15) is 20.3 Å². The van der Waals surface area contributed by atoms with Crippen molar-refractivity contribution >= 4 is 35.1 Å². The topological polar surface area (TPSA) is 95.3 Å². The number of carbonyl (C=O) groups is 2. The molecule has 2 N–H and O–H groups in total. The Hall–Kier alpha value is -2.25. The van der Waals surface area contributed by atoms with Crippen LogP contribution in [0.5, 0.6) is 5.75 Å². The van der Waals surface area contributed by atoms with E-state index in [0.717, 1.165) is 0 Å². The predicted octanol–water partition coefficient (Wildman–Crippen LogP) is 0.691. The second kappa shape index (κ2) is 5.81. The fourth-order valence-electron chi connectivity index (χ4n) is 1.92. The molecule has 1 unspecified atom stereocenters. The van der Waals surface area contributed by atoms with Gasteiger partial charge in [-0.15, -0.1) is 0 Å². The molecule has 7 heteroatoms. The number of amides is 1. The van der Waals surface area contributed by atoms with Crippen LogP contribution < -0.4 is 15.1 Å². The van der Waals surface area contributed by atoms with Gasteiger partial charge >= 0.3 is 0 Å². The Morgan fingerprint density at radius 2 is 2.20 bits per heavy atom. The molecular formula is C13H15N3O4. The van der Waals surface area contributed by atoms with Crippen molar-refractivity contribution in [3.63, 3.8) is 0 Å². The van der Waals surface area contributed by atoms with E-state index in [-0.39, 0.29) is 17.3 Å². The van der Waals surface area contributed by atoms with Crippen LogP contribution in [0.4, 0.5) is 17.1 Å². The fraction of sp³-hybridized carbons (Fsp3) is 0.308. The van der Waals surface area contributed by atoms with E-state index in [4.69, 9.17) is 4.74 Å². The number of ketones is 1. The van der Waals surface area contributed by atoms with Crippen molar-refractivity contribution in [2.75, 3.05) is 11.9 Å². The molecule has 0 fully saturated rings. The summed E-state index contributed by atoms with van der Waals surface area (Å²) in [4.78, 5) is 26.4. The lowest BCUT2D eigenvalue weighted by molar-refractivity contribution is -0.655. The molecule has 0 spiro atoms. The minimum atomic E-state index is -0.409. The molecule has 1 aliphatic heterocycles. The molecule has 1 aromatic rings. The Morgan fingerprint density at radius 3 is 2.85 bits per heavy atom. The minimum Gasteiger partial charge on any atom is -0.623 e. The van der Waals surface area contributed by atoms with Gasteiger partial charge in [0.1, 0.15) is 11.5 Å². The van der Waals surface area contributed by atoms with Crippen LogP contribution in [0.15, 0.2) is 17.1 Å². The van der Waals surface area contributed by atoms with E-state index in [9.17, 15) is 14.8 Å². The summed E-state index contributed by atoms with van der Waals surface area (Å²) >= 11 is 0. The van der Waals surface area contributed by atoms with Crippen LogP contribution in [0.3, 0.4) is 0 Å². The largest absolute Gasteiger partial charge is 0.623 e. The number of quaternary nitrogens is 1. The first kappa shape index (κ1) is 14.2. The third-order valence-corrected chi connectivity index (χ3v) is 2.64. The van der Waals surface area contributed by atoms with Gasteiger partial charge in [0.05, 0.1) is 13.0 Å².